The molecule has 2 aromatic heterocycles. The largest absolute Gasteiger partial charge is 0.477 e. The number of aryl methyl sites for hydroxylation is 1. The van der Waals surface area contributed by atoms with Crippen molar-refractivity contribution in [1.82, 2.24) is 4.98 Å². The molecule has 0 bridgehead atoms. The van der Waals surface area contributed by atoms with Crippen molar-refractivity contribution in [2.45, 2.75) is 6.92 Å². The molecule has 0 amide bonds. The Bertz CT molecular complexity index is 473. The molecule has 0 aliphatic heterocycles. The van der Waals surface area contributed by atoms with E-state index in [1.165, 1.54) is 12.3 Å². The maximum Gasteiger partial charge on any atom is 0.354 e. The van der Waals surface area contributed by atoms with Crippen molar-refractivity contribution < 1.29 is 14.3 Å². The van der Waals surface area contributed by atoms with E-state index in [-0.39, 0.29) is 5.69 Å². The van der Waals surface area contributed by atoms with Gasteiger partial charge in [-0.3, -0.25) is 0 Å². The summed E-state index contributed by atoms with van der Waals surface area (Å²) in [6.07, 6.45) is 1.50. The van der Waals surface area contributed by atoms with Gasteiger partial charge in [0.15, 0.2) is 5.69 Å². The van der Waals surface area contributed by atoms with Crippen LogP contribution in [0.25, 0.3) is 11.0 Å². The Morgan fingerprint density at radius 3 is 3.00 bits per heavy atom. The van der Waals surface area contributed by atoms with Gasteiger partial charge in [0.1, 0.15) is 11.3 Å². The van der Waals surface area contributed by atoms with E-state index in [2.05, 4.69) is 4.98 Å². The van der Waals surface area contributed by atoms with Crippen LogP contribution < -0.4 is 0 Å². The molecule has 0 atom stereocenters. The number of hydrogen-bond donors (Lipinski definition) is 1. The van der Waals surface area contributed by atoms with Gasteiger partial charge in [-0.15, -0.1) is 0 Å². The molecule has 13 heavy (non-hydrogen) atoms. The Morgan fingerprint density at radius 1 is 1.54 bits per heavy atom. The van der Waals surface area contributed by atoms with Crippen molar-refractivity contribution >= 4 is 16.9 Å². The van der Waals surface area contributed by atoms with Gasteiger partial charge in [-0.05, 0) is 13.0 Å². The number of carbonyl (C=O) groups is 1. The van der Waals surface area contributed by atoms with Gasteiger partial charge < -0.3 is 9.52 Å². The first-order valence-corrected chi connectivity index (χ1v) is 3.76. The third-order valence-corrected chi connectivity index (χ3v) is 1.74. The summed E-state index contributed by atoms with van der Waals surface area (Å²) in [6.45, 7) is 1.81. The molecule has 66 valence electrons. The molecule has 2 aromatic rings. The third kappa shape index (κ3) is 1.26. The van der Waals surface area contributed by atoms with Crippen LogP contribution in [0.5, 0.6) is 0 Å². The number of carboxylic acid groups (broad SMARTS) is 1. The van der Waals surface area contributed by atoms with E-state index in [1.807, 2.05) is 6.07 Å². The summed E-state index contributed by atoms with van der Waals surface area (Å²) in [5.74, 6) is -0.296. The van der Waals surface area contributed by atoms with Crippen molar-refractivity contribution in [2.75, 3.05) is 0 Å². The fourth-order valence-corrected chi connectivity index (χ4v) is 1.18. The molecule has 0 spiro atoms. The fourth-order valence-electron chi connectivity index (χ4n) is 1.18. The molecule has 0 fully saturated rings. The van der Waals surface area contributed by atoms with Crippen LogP contribution in [-0.4, -0.2) is 16.1 Å². The van der Waals surface area contributed by atoms with E-state index >= 15 is 0 Å². The Hall–Kier alpha value is -1.84. The Labute approximate surface area is 73.8 Å². The van der Waals surface area contributed by atoms with Crippen LogP contribution in [-0.2, 0) is 0 Å². The van der Waals surface area contributed by atoms with E-state index in [0.29, 0.717) is 5.58 Å². The summed E-state index contributed by atoms with van der Waals surface area (Å²) in [5, 5.41) is 9.47. The number of pyridine rings is 1. The zero-order chi connectivity index (χ0) is 9.42. The SMILES string of the molecule is Cc1cc2cnc(C(=O)O)cc2o1. The highest BCUT2D eigenvalue weighted by Gasteiger charge is 2.07. The quantitative estimate of drug-likeness (QED) is 0.721. The van der Waals surface area contributed by atoms with Gasteiger partial charge in [0.25, 0.3) is 0 Å². The summed E-state index contributed by atoms with van der Waals surface area (Å²) in [6, 6.07) is 3.23. The average Bonchev–Trinajstić information content (AvgIpc) is 2.42. The average molecular weight is 177 g/mol. The van der Waals surface area contributed by atoms with Gasteiger partial charge in [-0.2, -0.15) is 0 Å². The standard InChI is InChI=1S/C9H7NO3/c1-5-2-6-4-10-7(9(11)12)3-8(6)13-5/h2-4H,1H3,(H,11,12). The second-order valence-corrected chi connectivity index (χ2v) is 2.77. The minimum atomic E-state index is -1.05. The first-order chi connectivity index (χ1) is 6.16. The highest BCUT2D eigenvalue weighted by atomic mass is 16.4. The lowest BCUT2D eigenvalue weighted by Gasteiger charge is -1.91. The molecule has 0 unspecified atom stereocenters. The first-order valence-electron chi connectivity index (χ1n) is 3.76. The second kappa shape index (κ2) is 2.58. The number of carboxylic acids is 1. The molecule has 2 heterocycles. The van der Waals surface area contributed by atoms with Crippen molar-refractivity contribution in [3.05, 3.63) is 29.8 Å². The minimum absolute atomic E-state index is 0.00171. The van der Waals surface area contributed by atoms with Gasteiger partial charge in [0.2, 0.25) is 0 Å². The normalized spacial score (nSPS) is 10.5. The molecule has 4 nitrogen and oxygen atoms in total. The summed E-state index contributed by atoms with van der Waals surface area (Å²) >= 11 is 0. The highest BCUT2D eigenvalue weighted by Crippen LogP contribution is 2.18. The monoisotopic (exact) mass is 177 g/mol. The van der Waals surface area contributed by atoms with E-state index in [1.54, 1.807) is 6.92 Å². The van der Waals surface area contributed by atoms with Crippen molar-refractivity contribution in [2.24, 2.45) is 0 Å². The molecule has 0 aliphatic rings. The molecular weight excluding hydrogens is 170 g/mol. The lowest BCUT2D eigenvalue weighted by molar-refractivity contribution is 0.0690. The number of aromatic nitrogens is 1. The van der Waals surface area contributed by atoms with Crippen LogP contribution in [0.15, 0.2) is 22.7 Å². The van der Waals surface area contributed by atoms with Crippen LogP contribution in [0.4, 0.5) is 0 Å². The maximum atomic E-state index is 10.5. The minimum Gasteiger partial charge on any atom is -0.477 e. The zero-order valence-electron chi connectivity index (χ0n) is 6.94. The van der Waals surface area contributed by atoms with Gasteiger partial charge in [0, 0.05) is 17.6 Å². The van der Waals surface area contributed by atoms with Gasteiger partial charge in [-0.1, -0.05) is 0 Å². The van der Waals surface area contributed by atoms with Crippen LogP contribution >= 0.6 is 0 Å². The second-order valence-electron chi connectivity index (χ2n) is 2.77. The third-order valence-electron chi connectivity index (χ3n) is 1.74. The Morgan fingerprint density at radius 2 is 2.31 bits per heavy atom. The van der Waals surface area contributed by atoms with Crippen LogP contribution in [0.2, 0.25) is 0 Å². The molecule has 0 aromatic carbocycles. The van der Waals surface area contributed by atoms with E-state index < -0.39 is 5.97 Å². The molecular formula is C9H7NO3. The predicted octanol–water partition coefficient (Wildman–Crippen LogP) is 1.83. The van der Waals surface area contributed by atoms with E-state index in [0.717, 1.165) is 11.1 Å². The number of fused-ring (bicyclic) bond motifs is 1. The van der Waals surface area contributed by atoms with Gasteiger partial charge in [0.05, 0.1) is 0 Å². The number of nitrogens with zero attached hydrogens (tertiary/aromatic N) is 1. The molecule has 1 N–H and O–H groups in total. The number of furan rings is 1. The van der Waals surface area contributed by atoms with Gasteiger partial charge >= 0.3 is 5.97 Å². The molecule has 0 saturated heterocycles. The first kappa shape index (κ1) is 7.79. The number of aromatic carboxylic acids is 1. The fraction of sp³-hybridized carbons (Fsp3) is 0.111. The molecule has 4 heteroatoms. The summed E-state index contributed by atoms with van der Waals surface area (Å²) in [7, 11) is 0. The lowest BCUT2D eigenvalue weighted by Crippen LogP contribution is -1.98. The van der Waals surface area contributed by atoms with E-state index in [4.69, 9.17) is 9.52 Å². The highest BCUT2D eigenvalue weighted by molar-refractivity contribution is 5.90. The lowest BCUT2D eigenvalue weighted by atomic mass is 10.3. The Balaban J connectivity index is 2.67. The molecule has 0 aliphatic carbocycles. The maximum absolute atomic E-state index is 10.5. The van der Waals surface area contributed by atoms with Crippen LogP contribution in [0.1, 0.15) is 16.2 Å². The summed E-state index contributed by atoms with van der Waals surface area (Å²) in [5.41, 5.74) is 0.562. The summed E-state index contributed by atoms with van der Waals surface area (Å²) in [4.78, 5) is 14.3. The number of hydrogen-bond acceptors (Lipinski definition) is 3. The molecule has 0 radical (unpaired) electrons. The molecule has 0 saturated carbocycles. The molecule has 2 rings (SSSR count). The van der Waals surface area contributed by atoms with Gasteiger partial charge in [-0.25, -0.2) is 9.78 Å². The smallest absolute Gasteiger partial charge is 0.354 e. The number of rotatable bonds is 1. The Kier molecular flexibility index (Phi) is 1.55. The topological polar surface area (TPSA) is 63.3 Å². The predicted molar refractivity (Wildman–Crippen MR) is 45.7 cm³/mol. The van der Waals surface area contributed by atoms with Crippen molar-refractivity contribution in [1.29, 1.82) is 0 Å². The zero-order valence-corrected chi connectivity index (χ0v) is 6.94. The van der Waals surface area contributed by atoms with Crippen molar-refractivity contribution in [3.63, 3.8) is 0 Å². The van der Waals surface area contributed by atoms with E-state index in [9.17, 15) is 4.79 Å². The van der Waals surface area contributed by atoms with Crippen LogP contribution in [0.3, 0.4) is 0 Å². The summed E-state index contributed by atoms with van der Waals surface area (Å²) < 4.78 is 5.26. The van der Waals surface area contributed by atoms with Crippen molar-refractivity contribution in [3.8, 4) is 0 Å². The van der Waals surface area contributed by atoms with Crippen LogP contribution in [0, 0.1) is 6.92 Å².